The molecule has 0 radical (unpaired) electrons. The molecule has 1 aromatic rings. The zero-order chi connectivity index (χ0) is 26.2. The number of Topliss-reactive ketones (excluding diaryl/α,β-unsaturated/α-hetero) is 1. The van der Waals surface area contributed by atoms with E-state index in [2.05, 4.69) is 10.6 Å². The first-order chi connectivity index (χ1) is 17.8. The summed E-state index contributed by atoms with van der Waals surface area (Å²) in [4.78, 5) is 54.9. The maximum atomic E-state index is 13.7. The Balaban J connectivity index is 1.33. The van der Waals surface area contributed by atoms with E-state index in [4.69, 9.17) is 4.74 Å². The lowest BCUT2D eigenvalue weighted by Crippen LogP contribution is -2.47. The van der Waals surface area contributed by atoms with Crippen LogP contribution in [0.5, 0.6) is 0 Å². The van der Waals surface area contributed by atoms with Crippen LogP contribution in [0.25, 0.3) is 0 Å². The van der Waals surface area contributed by atoms with Crippen molar-refractivity contribution in [3.8, 4) is 0 Å². The molecule has 3 atom stereocenters. The van der Waals surface area contributed by atoms with Crippen LogP contribution in [0.3, 0.4) is 0 Å². The SMILES string of the molecule is CNC(=O)NC1=CC=C2C(CC[C@]23CN(CC(=O)N(C2CCCC2)[C@H](C)c2ccccc2)C(=O)O3)C1=O. The van der Waals surface area contributed by atoms with Crippen molar-refractivity contribution in [2.45, 2.75) is 63.1 Å². The van der Waals surface area contributed by atoms with Crippen molar-refractivity contribution >= 4 is 23.8 Å². The van der Waals surface area contributed by atoms with Crippen molar-refractivity contribution in [2.24, 2.45) is 5.92 Å². The number of fused-ring (bicyclic) bond motifs is 2. The number of carbonyl (C=O) groups excluding carboxylic acids is 4. The largest absolute Gasteiger partial charge is 0.436 e. The molecule has 1 saturated heterocycles. The first kappa shape index (κ1) is 25.0. The molecule has 9 nitrogen and oxygen atoms in total. The third kappa shape index (κ3) is 4.63. The summed E-state index contributed by atoms with van der Waals surface area (Å²) in [5.41, 5.74) is 1.12. The van der Waals surface area contributed by atoms with Gasteiger partial charge < -0.3 is 20.3 Å². The summed E-state index contributed by atoms with van der Waals surface area (Å²) < 4.78 is 5.90. The van der Waals surface area contributed by atoms with Gasteiger partial charge in [-0.2, -0.15) is 0 Å². The Labute approximate surface area is 216 Å². The lowest BCUT2D eigenvalue weighted by atomic mass is 9.85. The van der Waals surface area contributed by atoms with Gasteiger partial charge >= 0.3 is 12.1 Å². The van der Waals surface area contributed by atoms with Gasteiger partial charge in [-0.15, -0.1) is 0 Å². The molecule has 1 spiro atoms. The van der Waals surface area contributed by atoms with E-state index in [1.807, 2.05) is 42.2 Å². The number of allylic oxidation sites excluding steroid dienone is 3. The van der Waals surface area contributed by atoms with Crippen LogP contribution >= 0.6 is 0 Å². The van der Waals surface area contributed by atoms with Crippen molar-refractivity contribution < 1.29 is 23.9 Å². The van der Waals surface area contributed by atoms with Gasteiger partial charge in [0.1, 0.15) is 6.54 Å². The molecule has 2 N–H and O–H groups in total. The van der Waals surface area contributed by atoms with E-state index in [9.17, 15) is 19.2 Å². The number of hydrogen-bond donors (Lipinski definition) is 2. The molecular weight excluding hydrogens is 472 g/mol. The Morgan fingerprint density at radius 2 is 1.86 bits per heavy atom. The van der Waals surface area contributed by atoms with Gasteiger partial charge in [0.2, 0.25) is 5.91 Å². The van der Waals surface area contributed by atoms with Crippen LogP contribution < -0.4 is 10.6 Å². The summed E-state index contributed by atoms with van der Waals surface area (Å²) in [5.74, 6) is -0.723. The molecule has 5 rings (SSSR count). The van der Waals surface area contributed by atoms with E-state index in [1.165, 1.54) is 11.9 Å². The van der Waals surface area contributed by atoms with E-state index in [0.29, 0.717) is 12.8 Å². The maximum Gasteiger partial charge on any atom is 0.411 e. The highest BCUT2D eigenvalue weighted by Crippen LogP contribution is 2.48. The Morgan fingerprint density at radius 3 is 2.57 bits per heavy atom. The lowest BCUT2D eigenvalue weighted by molar-refractivity contribution is -0.136. The summed E-state index contributed by atoms with van der Waals surface area (Å²) in [7, 11) is 1.48. The van der Waals surface area contributed by atoms with Gasteiger partial charge in [0.25, 0.3) is 0 Å². The second-order valence-corrected chi connectivity index (χ2v) is 10.4. The minimum atomic E-state index is -0.921. The zero-order valence-corrected chi connectivity index (χ0v) is 21.4. The van der Waals surface area contributed by atoms with Gasteiger partial charge in [-0.1, -0.05) is 49.2 Å². The van der Waals surface area contributed by atoms with Crippen molar-refractivity contribution in [3.63, 3.8) is 0 Å². The average Bonchev–Trinajstić information content (AvgIpc) is 3.62. The zero-order valence-electron chi connectivity index (χ0n) is 21.4. The molecule has 9 heteroatoms. The third-order valence-corrected chi connectivity index (χ3v) is 8.24. The molecular formula is C28H34N4O5. The van der Waals surface area contributed by atoms with Crippen molar-refractivity contribution in [1.29, 1.82) is 0 Å². The Hall–Kier alpha value is -3.62. The molecule has 196 valence electrons. The number of rotatable bonds is 6. The fourth-order valence-corrected chi connectivity index (χ4v) is 6.36. The fraction of sp³-hybridized carbons (Fsp3) is 0.500. The van der Waals surface area contributed by atoms with Crippen molar-refractivity contribution in [1.82, 2.24) is 20.4 Å². The summed E-state index contributed by atoms with van der Waals surface area (Å²) in [6, 6.07) is 9.57. The summed E-state index contributed by atoms with van der Waals surface area (Å²) in [5, 5.41) is 5.01. The topological polar surface area (TPSA) is 108 Å². The van der Waals surface area contributed by atoms with Crippen molar-refractivity contribution in [3.05, 3.63) is 59.3 Å². The van der Waals surface area contributed by atoms with E-state index in [-0.39, 0.29) is 42.6 Å². The molecule has 0 aromatic heterocycles. The van der Waals surface area contributed by atoms with Crippen LogP contribution in [0.1, 0.15) is 57.1 Å². The molecule has 2 saturated carbocycles. The summed E-state index contributed by atoms with van der Waals surface area (Å²) in [6.45, 7) is 2.23. The molecule has 1 unspecified atom stereocenters. The van der Waals surface area contributed by atoms with Gasteiger partial charge in [0.05, 0.1) is 18.3 Å². The number of hydrogen-bond acceptors (Lipinski definition) is 5. The van der Waals surface area contributed by atoms with Gasteiger partial charge in [-0.3, -0.25) is 14.5 Å². The van der Waals surface area contributed by atoms with E-state index < -0.39 is 23.6 Å². The molecule has 3 fully saturated rings. The first-order valence-electron chi connectivity index (χ1n) is 13.1. The molecule has 0 bridgehead atoms. The smallest absolute Gasteiger partial charge is 0.411 e. The minimum Gasteiger partial charge on any atom is -0.436 e. The predicted molar refractivity (Wildman–Crippen MR) is 136 cm³/mol. The molecule has 4 aliphatic rings. The first-order valence-corrected chi connectivity index (χ1v) is 13.1. The molecule has 3 aliphatic carbocycles. The predicted octanol–water partition coefficient (Wildman–Crippen LogP) is 3.44. The quantitative estimate of drug-likeness (QED) is 0.615. The Morgan fingerprint density at radius 1 is 1.14 bits per heavy atom. The number of amides is 4. The number of ketones is 1. The Bertz CT molecular complexity index is 1160. The van der Waals surface area contributed by atoms with Crippen LogP contribution in [0.2, 0.25) is 0 Å². The highest BCUT2D eigenvalue weighted by molar-refractivity contribution is 6.03. The summed E-state index contributed by atoms with van der Waals surface area (Å²) in [6.07, 6.45) is 7.97. The van der Waals surface area contributed by atoms with E-state index >= 15 is 0 Å². The van der Waals surface area contributed by atoms with Crippen LogP contribution in [0.15, 0.2) is 53.8 Å². The van der Waals surface area contributed by atoms with Crippen molar-refractivity contribution in [2.75, 3.05) is 20.1 Å². The van der Waals surface area contributed by atoms with Crippen LogP contribution in [0, 0.1) is 5.92 Å². The van der Waals surface area contributed by atoms with Gasteiger partial charge in [0, 0.05) is 19.0 Å². The van der Waals surface area contributed by atoms with E-state index in [0.717, 1.165) is 36.8 Å². The second kappa shape index (κ2) is 10.0. The number of nitrogens with zero attached hydrogens (tertiary/aromatic N) is 2. The van der Waals surface area contributed by atoms with Gasteiger partial charge in [-0.25, -0.2) is 9.59 Å². The maximum absolute atomic E-state index is 13.7. The normalized spacial score (nSPS) is 25.9. The number of ether oxygens (including phenoxy) is 1. The van der Waals surface area contributed by atoms with Crippen LogP contribution in [-0.4, -0.2) is 65.4 Å². The highest BCUT2D eigenvalue weighted by Gasteiger charge is 2.56. The number of carbonyl (C=O) groups is 4. The Kier molecular flexibility index (Phi) is 6.79. The molecule has 1 aromatic carbocycles. The molecule has 37 heavy (non-hydrogen) atoms. The van der Waals surface area contributed by atoms with Crippen LogP contribution in [-0.2, 0) is 14.3 Å². The fourth-order valence-electron chi connectivity index (χ4n) is 6.36. The lowest BCUT2D eigenvalue weighted by Gasteiger charge is -2.36. The molecule has 4 amide bonds. The van der Waals surface area contributed by atoms with Gasteiger partial charge in [0.15, 0.2) is 11.4 Å². The number of nitrogens with one attached hydrogen (secondary N) is 2. The average molecular weight is 507 g/mol. The molecule has 1 aliphatic heterocycles. The highest BCUT2D eigenvalue weighted by atomic mass is 16.6. The molecule has 1 heterocycles. The minimum absolute atomic E-state index is 0.0561. The van der Waals surface area contributed by atoms with Crippen LogP contribution in [0.4, 0.5) is 9.59 Å². The second-order valence-electron chi connectivity index (χ2n) is 10.4. The van der Waals surface area contributed by atoms with E-state index in [1.54, 1.807) is 12.2 Å². The third-order valence-electron chi connectivity index (χ3n) is 8.24. The number of urea groups is 1. The standard InChI is InChI=1S/C28H34N4O5/c1-18(19-8-4-3-5-9-19)32(20-10-6-7-11-20)24(33)16-31-17-28(37-27(31)36)15-14-21-22(28)12-13-23(25(21)34)30-26(35)29-2/h3-5,8-9,12-13,18,20-21H,6-7,10-11,14-17H2,1-2H3,(H2,29,30,35)/t18-,21?,28+/m1/s1. The summed E-state index contributed by atoms with van der Waals surface area (Å²) >= 11 is 0. The number of benzene rings is 1. The van der Waals surface area contributed by atoms with Gasteiger partial charge in [-0.05, 0) is 49.8 Å². The monoisotopic (exact) mass is 506 g/mol.